The van der Waals surface area contributed by atoms with Crippen LogP contribution in [-0.4, -0.2) is 48.3 Å². The van der Waals surface area contributed by atoms with Gasteiger partial charge in [-0.3, -0.25) is 0 Å². The maximum Gasteiger partial charge on any atom is 0.324 e. The van der Waals surface area contributed by atoms with Gasteiger partial charge in [-0.2, -0.15) is 9.97 Å². The van der Waals surface area contributed by atoms with Crippen molar-refractivity contribution in [2.45, 2.75) is 44.6 Å². The number of hydrogen-bond donors (Lipinski definition) is 2. The average Bonchev–Trinajstić information content (AvgIpc) is 2.80. The molecule has 1 fully saturated rings. The van der Waals surface area contributed by atoms with Crippen molar-refractivity contribution in [2.75, 3.05) is 32.6 Å². The first-order valence-corrected chi connectivity index (χ1v) is 7.63. The molecule has 0 unspecified atom stereocenters. The quantitative estimate of drug-likeness (QED) is 0.584. The Balaban J connectivity index is 1.74. The van der Waals surface area contributed by atoms with Crippen LogP contribution in [0.2, 0.25) is 0 Å². The van der Waals surface area contributed by atoms with E-state index in [4.69, 9.17) is 9.47 Å². The third-order valence-electron chi connectivity index (χ3n) is 3.66. The molecule has 7 nitrogen and oxygen atoms in total. The van der Waals surface area contributed by atoms with E-state index in [1.165, 1.54) is 52.7 Å². The van der Waals surface area contributed by atoms with Gasteiger partial charge in [0, 0.05) is 19.1 Å². The third-order valence-corrected chi connectivity index (χ3v) is 3.66. The van der Waals surface area contributed by atoms with E-state index in [-0.39, 0.29) is 12.0 Å². The van der Waals surface area contributed by atoms with Crippen molar-refractivity contribution in [3.63, 3.8) is 0 Å². The van der Waals surface area contributed by atoms with Crippen LogP contribution in [0, 0.1) is 0 Å². The minimum atomic E-state index is 0.251. The number of hydrogen-bond acceptors (Lipinski definition) is 7. The fourth-order valence-electron chi connectivity index (χ4n) is 2.53. The van der Waals surface area contributed by atoms with Crippen LogP contribution in [0.4, 0.5) is 5.95 Å². The Hall–Kier alpha value is -1.63. The van der Waals surface area contributed by atoms with E-state index >= 15 is 0 Å². The normalized spacial score (nSPS) is 16.3. The second-order valence-corrected chi connectivity index (χ2v) is 5.20. The van der Waals surface area contributed by atoms with E-state index in [9.17, 15) is 0 Å². The minimum Gasteiger partial charge on any atom is -0.467 e. The van der Waals surface area contributed by atoms with Gasteiger partial charge in [0.1, 0.15) is 0 Å². The molecule has 118 valence electrons. The number of ether oxygens (including phenoxy) is 2. The first-order chi connectivity index (χ1) is 10.3. The number of methoxy groups -OCH3 is 2. The van der Waals surface area contributed by atoms with Crippen molar-refractivity contribution in [2.24, 2.45) is 0 Å². The molecule has 0 bridgehead atoms. The van der Waals surface area contributed by atoms with Gasteiger partial charge in [-0.1, -0.05) is 25.7 Å². The van der Waals surface area contributed by atoms with Gasteiger partial charge >= 0.3 is 12.0 Å². The number of nitrogens with zero attached hydrogens (tertiary/aromatic N) is 3. The molecule has 7 heteroatoms. The molecule has 0 aromatic carbocycles. The smallest absolute Gasteiger partial charge is 0.324 e. The van der Waals surface area contributed by atoms with Crippen LogP contribution in [-0.2, 0) is 0 Å². The van der Waals surface area contributed by atoms with E-state index < -0.39 is 0 Å². The summed E-state index contributed by atoms with van der Waals surface area (Å²) >= 11 is 0. The summed E-state index contributed by atoms with van der Waals surface area (Å²) in [5, 5.41) is 6.76. The number of anilines is 1. The lowest BCUT2D eigenvalue weighted by Gasteiger charge is -2.16. The zero-order valence-corrected chi connectivity index (χ0v) is 12.9. The Morgan fingerprint density at radius 2 is 1.52 bits per heavy atom. The Bertz CT molecular complexity index is 400. The van der Waals surface area contributed by atoms with Crippen LogP contribution in [0.1, 0.15) is 38.5 Å². The standard InChI is InChI=1S/C14H25N5O2/c1-20-13-17-12(18-14(19-13)21-2)16-10-9-15-11-7-5-3-4-6-8-11/h11,15H,3-10H2,1-2H3,(H,16,17,18,19). The van der Waals surface area contributed by atoms with Crippen molar-refractivity contribution in [1.29, 1.82) is 0 Å². The zero-order valence-electron chi connectivity index (χ0n) is 12.9. The van der Waals surface area contributed by atoms with E-state index in [0.29, 0.717) is 12.0 Å². The number of rotatable bonds is 7. The highest BCUT2D eigenvalue weighted by Crippen LogP contribution is 2.17. The lowest BCUT2D eigenvalue weighted by Crippen LogP contribution is -2.32. The van der Waals surface area contributed by atoms with E-state index in [2.05, 4.69) is 25.6 Å². The maximum atomic E-state index is 5.01. The molecule has 0 spiro atoms. The van der Waals surface area contributed by atoms with Crippen molar-refractivity contribution in [3.05, 3.63) is 0 Å². The summed E-state index contributed by atoms with van der Waals surface area (Å²) in [7, 11) is 3.04. The SMILES string of the molecule is COc1nc(NCCNC2CCCCCC2)nc(OC)n1. The fraction of sp³-hybridized carbons (Fsp3) is 0.786. The van der Waals surface area contributed by atoms with Gasteiger partial charge < -0.3 is 20.1 Å². The molecular formula is C14H25N5O2. The van der Waals surface area contributed by atoms with Crippen LogP contribution in [0.25, 0.3) is 0 Å². The number of nitrogens with one attached hydrogen (secondary N) is 2. The fourth-order valence-corrected chi connectivity index (χ4v) is 2.53. The molecule has 0 aliphatic heterocycles. The monoisotopic (exact) mass is 295 g/mol. The van der Waals surface area contributed by atoms with E-state index in [1.807, 2.05) is 0 Å². The van der Waals surface area contributed by atoms with Crippen LogP contribution in [0.5, 0.6) is 12.0 Å². The highest BCUT2D eigenvalue weighted by atomic mass is 16.5. The lowest BCUT2D eigenvalue weighted by atomic mass is 10.1. The van der Waals surface area contributed by atoms with Crippen molar-refractivity contribution in [3.8, 4) is 12.0 Å². The van der Waals surface area contributed by atoms with Crippen molar-refractivity contribution >= 4 is 5.95 Å². The zero-order chi connectivity index (χ0) is 14.9. The number of aromatic nitrogens is 3. The van der Waals surface area contributed by atoms with Gasteiger partial charge in [-0.05, 0) is 12.8 Å². The summed E-state index contributed by atoms with van der Waals surface area (Å²) in [6, 6.07) is 1.15. The van der Waals surface area contributed by atoms with Gasteiger partial charge in [0.05, 0.1) is 14.2 Å². The van der Waals surface area contributed by atoms with Gasteiger partial charge in [-0.15, -0.1) is 4.98 Å². The van der Waals surface area contributed by atoms with Crippen LogP contribution >= 0.6 is 0 Å². The molecule has 1 saturated carbocycles. The first-order valence-electron chi connectivity index (χ1n) is 7.63. The second kappa shape index (κ2) is 8.61. The van der Waals surface area contributed by atoms with Crippen LogP contribution < -0.4 is 20.1 Å². The molecule has 0 radical (unpaired) electrons. The molecule has 1 aliphatic rings. The summed E-state index contributed by atoms with van der Waals surface area (Å²) in [4.78, 5) is 12.2. The minimum absolute atomic E-state index is 0.251. The van der Waals surface area contributed by atoms with Gasteiger partial charge in [0.15, 0.2) is 0 Å². The molecule has 1 aliphatic carbocycles. The molecule has 1 heterocycles. The van der Waals surface area contributed by atoms with Crippen LogP contribution in [0.3, 0.4) is 0 Å². The van der Waals surface area contributed by atoms with Crippen LogP contribution in [0.15, 0.2) is 0 Å². The molecule has 1 aromatic heterocycles. The average molecular weight is 295 g/mol. The van der Waals surface area contributed by atoms with Gasteiger partial charge in [0.25, 0.3) is 0 Å². The Morgan fingerprint density at radius 1 is 0.905 bits per heavy atom. The predicted molar refractivity (Wildman–Crippen MR) is 80.9 cm³/mol. The second-order valence-electron chi connectivity index (χ2n) is 5.20. The molecule has 0 amide bonds. The highest BCUT2D eigenvalue weighted by molar-refractivity contribution is 5.27. The topological polar surface area (TPSA) is 81.2 Å². The molecule has 21 heavy (non-hydrogen) atoms. The largest absolute Gasteiger partial charge is 0.467 e. The molecule has 1 aromatic rings. The molecule has 2 N–H and O–H groups in total. The predicted octanol–water partition coefficient (Wildman–Crippen LogP) is 1.61. The molecule has 0 saturated heterocycles. The van der Waals surface area contributed by atoms with Gasteiger partial charge in [0.2, 0.25) is 5.95 Å². The summed E-state index contributed by atoms with van der Waals surface area (Å²) in [6.45, 7) is 1.65. The molecular weight excluding hydrogens is 270 g/mol. The Kier molecular flexibility index (Phi) is 6.46. The summed E-state index contributed by atoms with van der Waals surface area (Å²) in [5.41, 5.74) is 0. The summed E-state index contributed by atoms with van der Waals surface area (Å²) in [6.07, 6.45) is 8.00. The van der Waals surface area contributed by atoms with Crippen molar-refractivity contribution in [1.82, 2.24) is 20.3 Å². The molecule has 2 rings (SSSR count). The maximum absolute atomic E-state index is 5.01. The Morgan fingerprint density at radius 3 is 2.10 bits per heavy atom. The van der Waals surface area contributed by atoms with Gasteiger partial charge in [-0.25, -0.2) is 0 Å². The summed E-state index contributed by atoms with van der Waals surface area (Å²) in [5.74, 6) is 0.473. The van der Waals surface area contributed by atoms with E-state index in [0.717, 1.165) is 13.1 Å². The third kappa shape index (κ3) is 5.34. The molecule has 0 atom stereocenters. The Labute approximate surface area is 125 Å². The lowest BCUT2D eigenvalue weighted by molar-refractivity contribution is 0.341. The summed E-state index contributed by atoms with van der Waals surface area (Å²) < 4.78 is 10.0. The van der Waals surface area contributed by atoms with Crippen molar-refractivity contribution < 1.29 is 9.47 Å². The first kappa shape index (κ1) is 15.8. The highest BCUT2D eigenvalue weighted by Gasteiger charge is 2.11. The van der Waals surface area contributed by atoms with E-state index in [1.54, 1.807) is 0 Å².